The van der Waals surface area contributed by atoms with Crippen LogP contribution in [0.3, 0.4) is 0 Å². The van der Waals surface area contributed by atoms with Gasteiger partial charge in [-0.15, -0.1) is 0 Å². The fraction of sp³-hybridized carbons (Fsp3) is 0.273. The molecule has 2 aromatic heterocycles. The molecule has 0 radical (unpaired) electrons. The second kappa shape index (κ2) is 5.95. The molecule has 96 valence electrons. The number of pyridine rings is 1. The smallest absolute Gasteiger partial charge is 0.387 e. The Morgan fingerprint density at radius 2 is 2.28 bits per heavy atom. The number of nitrogens with one attached hydrogen (secondary N) is 1. The van der Waals surface area contributed by atoms with E-state index in [1.54, 1.807) is 18.6 Å². The maximum atomic E-state index is 11.9. The number of imidazole rings is 1. The van der Waals surface area contributed by atoms with Crippen LogP contribution in [-0.4, -0.2) is 27.7 Å². The Bertz CT molecular complexity index is 458. The molecule has 18 heavy (non-hydrogen) atoms. The summed E-state index contributed by atoms with van der Waals surface area (Å²) in [7, 11) is 0. The summed E-state index contributed by atoms with van der Waals surface area (Å²) in [6.45, 7) is -1.41. The van der Waals surface area contributed by atoms with Gasteiger partial charge < -0.3 is 14.6 Å². The Labute approximate surface area is 102 Å². The van der Waals surface area contributed by atoms with Crippen molar-refractivity contribution < 1.29 is 13.5 Å². The summed E-state index contributed by atoms with van der Waals surface area (Å²) < 4.78 is 29.9. The molecule has 0 aliphatic rings. The molecule has 0 saturated heterocycles. The van der Waals surface area contributed by atoms with Gasteiger partial charge in [-0.25, -0.2) is 9.97 Å². The van der Waals surface area contributed by atoms with Gasteiger partial charge in [0.05, 0.1) is 12.5 Å². The Hall–Kier alpha value is -2.18. The SMILES string of the molecule is FC(F)Oc1ccc(NCCn2ccnc2)nc1. The van der Waals surface area contributed by atoms with E-state index in [0.717, 1.165) is 6.54 Å². The molecule has 0 aliphatic heterocycles. The molecule has 0 atom stereocenters. The highest BCUT2D eigenvalue weighted by Gasteiger charge is 2.04. The minimum Gasteiger partial charge on any atom is -0.433 e. The molecule has 0 saturated carbocycles. The van der Waals surface area contributed by atoms with Crippen molar-refractivity contribution in [2.45, 2.75) is 13.2 Å². The number of hydrogen-bond acceptors (Lipinski definition) is 4. The summed E-state index contributed by atoms with van der Waals surface area (Å²) >= 11 is 0. The number of aromatic nitrogens is 3. The summed E-state index contributed by atoms with van der Waals surface area (Å²) in [5, 5.41) is 3.06. The average molecular weight is 254 g/mol. The van der Waals surface area contributed by atoms with Crippen molar-refractivity contribution in [1.29, 1.82) is 0 Å². The third-order valence-corrected chi connectivity index (χ3v) is 2.20. The van der Waals surface area contributed by atoms with E-state index >= 15 is 0 Å². The fourth-order valence-corrected chi connectivity index (χ4v) is 1.39. The Morgan fingerprint density at radius 1 is 1.39 bits per heavy atom. The first-order chi connectivity index (χ1) is 8.74. The lowest BCUT2D eigenvalue weighted by atomic mass is 10.4. The number of halogens is 2. The molecular weight excluding hydrogens is 242 g/mol. The van der Waals surface area contributed by atoms with E-state index in [9.17, 15) is 8.78 Å². The van der Waals surface area contributed by atoms with Gasteiger partial charge in [0.25, 0.3) is 0 Å². The molecule has 0 spiro atoms. The van der Waals surface area contributed by atoms with Gasteiger partial charge in [-0.2, -0.15) is 8.78 Å². The van der Waals surface area contributed by atoms with Crippen LogP contribution >= 0.6 is 0 Å². The molecule has 7 heteroatoms. The Morgan fingerprint density at radius 3 is 2.89 bits per heavy atom. The summed E-state index contributed by atoms with van der Waals surface area (Å²) in [6.07, 6.45) is 6.53. The van der Waals surface area contributed by atoms with E-state index in [1.807, 2.05) is 10.8 Å². The highest BCUT2D eigenvalue weighted by molar-refractivity contribution is 5.37. The maximum Gasteiger partial charge on any atom is 0.387 e. The summed E-state index contributed by atoms with van der Waals surface area (Å²) in [5.74, 6) is 0.655. The first-order valence-corrected chi connectivity index (χ1v) is 5.34. The van der Waals surface area contributed by atoms with Crippen LogP contribution in [0.1, 0.15) is 0 Å². The lowest BCUT2D eigenvalue weighted by molar-refractivity contribution is -0.0500. The van der Waals surface area contributed by atoms with E-state index in [1.165, 1.54) is 12.3 Å². The molecule has 0 aromatic carbocycles. The predicted octanol–water partition coefficient (Wildman–Crippen LogP) is 1.99. The van der Waals surface area contributed by atoms with Gasteiger partial charge in [-0.3, -0.25) is 0 Å². The van der Waals surface area contributed by atoms with Crippen LogP contribution in [-0.2, 0) is 6.54 Å². The summed E-state index contributed by atoms with van der Waals surface area (Å²) in [6, 6.07) is 3.03. The topological polar surface area (TPSA) is 52.0 Å². The molecule has 2 rings (SSSR count). The van der Waals surface area contributed by atoms with Gasteiger partial charge in [-0.1, -0.05) is 0 Å². The van der Waals surface area contributed by atoms with Crippen molar-refractivity contribution in [3.8, 4) is 5.75 Å². The standard InChI is InChI=1S/C11H12F2N4O/c12-11(13)18-9-1-2-10(16-7-9)15-4-6-17-5-3-14-8-17/h1-3,5,7-8,11H,4,6H2,(H,15,16). The number of ether oxygens (including phenoxy) is 1. The van der Waals surface area contributed by atoms with Crippen molar-refractivity contribution in [2.24, 2.45) is 0 Å². The van der Waals surface area contributed by atoms with E-state index in [-0.39, 0.29) is 5.75 Å². The van der Waals surface area contributed by atoms with E-state index in [4.69, 9.17) is 0 Å². The zero-order chi connectivity index (χ0) is 12.8. The molecule has 2 heterocycles. The minimum atomic E-state index is -2.83. The van der Waals surface area contributed by atoms with Gasteiger partial charge in [0, 0.05) is 25.5 Å². The molecule has 0 aliphatic carbocycles. The van der Waals surface area contributed by atoms with Crippen LogP contribution in [0.15, 0.2) is 37.1 Å². The van der Waals surface area contributed by atoms with Crippen LogP contribution in [0.2, 0.25) is 0 Å². The van der Waals surface area contributed by atoms with Crippen LogP contribution in [0.4, 0.5) is 14.6 Å². The van der Waals surface area contributed by atoms with Crippen LogP contribution in [0, 0.1) is 0 Å². The highest BCUT2D eigenvalue weighted by atomic mass is 19.3. The normalized spacial score (nSPS) is 10.6. The lowest BCUT2D eigenvalue weighted by Crippen LogP contribution is -2.10. The maximum absolute atomic E-state index is 11.9. The van der Waals surface area contributed by atoms with Crippen LogP contribution < -0.4 is 10.1 Å². The summed E-state index contributed by atoms with van der Waals surface area (Å²) in [5.41, 5.74) is 0. The fourth-order valence-electron chi connectivity index (χ4n) is 1.39. The summed E-state index contributed by atoms with van der Waals surface area (Å²) in [4.78, 5) is 7.88. The number of anilines is 1. The molecular formula is C11H12F2N4O. The predicted molar refractivity (Wildman–Crippen MR) is 61.6 cm³/mol. The zero-order valence-corrected chi connectivity index (χ0v) is 9.46. The molecule has 0 bridgehead atoms. The van der Waals surface area contributed by atoms with Gasteiger partial charge in [0.1, 0.15) is 11.6 Å². The monoisotopic (exact) mass is 254 g/mol. The van der Waals surface area contributed by atoms with Crippen molar-refractivity contribution in [3.63, 3.8) is 0 Å². The molecule has 2 aromatic rings. The second-order valence-electron chi connectivity index (χ2n) is 3.48. The molecule has 0 unspecified atom stereocenters. The number of nitrogens with zero attached hydrogens (tertiary/aromatic N) is 3. The van der Waals surface area contributed by atoms with E-state index in [2.05, 4.69) is 20.0 Å². The Kier molecular flexibility index (Phi) is 4.06. The third kappa shape index (κ3) is 3.69. The van der Waals surface area contributed by atoms with Gasteiger partial charge in [0.15, 0.2) is 0 Å². The Balaban J connectivity index is 1.79. The molecule has 1 N–H and O–H groups in total. The second-order valence-corrected chi connectivity index (χ2v) is 3.48. The van der Waals surface area contributed by atoms with Gasteiger partial charge in [0.2, 0.25) is 0 Å². The van der Waals surface area contributed by atoms with Crippen molar-refractivity contribution in [2.75, 3.05) is 11.9 Å². The lowest BCUT2D eigenvalue weighted by Gasteiger charge is -2.07. The first-order valence-electron chi connectivity index (χ1n) is 5.34. The molecule has 5 nitrogen and oxygen atoms in total. The largest absolute Gasteiger partial charge is 0.433 e. The van der Waals surface area contributed by atoms with Crippen molar-refractivity contribution in [3.05, 3.63) is 37.1 Å². The first kappa shape index (κ1) is 12.3. The molecule has 0 amide bonds. The number of alkyl halides is 2. The number of rotatable bonds is 6. The van der Waals surface area contributed by atoms with Crippen molar-refractivity contribution >= 4 is 5.82 Å². The number of hydrogen-bond donors (Lipinski definition) is 1. The van der Waals surface area contributed by atoms with Crippen LogP contribution in [0.5, 0.6) is 5.75 Å². The zero-order valence-electron chi connectivity index (χ0n) is 9.46. The van der Waals surface area contributed by atoms with E-state index < -0.39 is 6.61 Å². The minimum absolute atomic E-state index is 0.0464. The van der Waals surface area contributed by atoms with Crippen molar-refractivity contribution in [1.82, 2.24) is 14.5 Å². The third-order valence-electron chi connectivity index (χ3n) is 2.20. The highest BCUT2D eigenvalue weighted by Crippen LogP contribution is 2.14. The average Bonchev–Trinajstić information content (AvgIpc) is 2.84. The van der Waals surface area contributed by atoms with Gasteiger partial charge in [-0.05, 0) is 12.1 Å². The van der Waals surface area contributed by atoms with Gasteiger partial charge >= 0.3 is 6.61 Å². The van der Waals surface area contributed by atoms with Crippen LogP contribution in [0.25, 0.3) is 0 Å². The van der Waals surface area contributed by atoms with E-state index in [0.29, 0.717) is 12.4 Å². The quantitative estimate of drug-likeness (QED) is 0.856. The molecule has 0 fully saturated rings.